The normalized spacial score (nSPS) is 12.5. The van der Waals surface area contributed by atoms with Crippen LogP contribution in [0.2, 0.25) is 0 Å². The van der Waals surface area contributed by atoms with Crippen molar-refractivity contribution in [3.05, 3.63) is 36.5 Å². The predicted octanol–water partition coefficient (Wildman–Crippen LogP) is 2.69. The molecule has 0 radical (unpaired) electrons. The first-order valence-electron chi connectivity index (χ1n) is 2.73. The Hall–Kier alpha value is -0.780. The molecule has 0 nitrogen and oxygen atoms in total. The topological polar surface area (TPSA) is 0 Å². The standard InChI is InChI=1S/C8H12/c1-4-6-7-8(3)5-2/h4-7H,1H2,2-3H3/b7-6?,8-5-. The SMILES string of the molecule is C=CC=C/C(C)=C\C. The largest absolute Gasteiger partial charge is 0.0991 e. The van der Waals surface area contributed by atoms with E-state index in [9.17, 15) is 0 Å². The monoisotopic (exact) mass is 108 g/mol. The van der Waals surface area contributed by atoms with Gasteiger partial charge >= 0.3 is 0 Å². The molecule has 0 spiro atoms. The van der Waals surface area contributed by atoms with E-state index in [4.69, 9.17) is 0 Å². The molecule has 0 atom stereocenters. The molecule has 0 saturated carbocycles. The molecule has 0 heterocycles. The van der Waals surface area contributed by atoms with Crippen molar-refractivity contribution in [2.24, 2.45) is 0 Å². The van der Waals surface area contributed by atoms with Crippen molar-refractivity contribution >= 4 is 0 Å². The summed E-state index contributed by atoms with van der Waals surface area (Å²) in [6.45, 7) is 7.63. The highest BCUT2D eigenvalue weighted by Crippen LogP contribution is 1.92. The van der Waals surface area contributed by atoms with Crippen LogP contribution in [0.5, 0.6) is 0 Å². The van der Waals surface area contributed by atoms with Crippen LogP contribution < -0.4 is 0 Å². The molecule has 0 rings (SSSR count). The van der Waals surface area contributed by atoms with Crippen LogP contribution >= 0.6 is 0 Å². The molecule has 0 aliphatic heterocycles. The van der Waals surface area contributed by atoms with Crippen LogP contribution in [0.15, 0.2) is 36.5 Å². The lowest BCUT2D eigenvalue weighted by Gasteiger charge is -1.82. The van der Waals surface area contributed by atoms with Crippen molar-refractivity contribution in [2.75, 3.05) is 0 Å². The van der Waals surface area contributed by atoms with E-state index in [2.05, 4.69) is 19.6 Å². The fourth-order valence-electron chi connectivity index (χ4n) is 0.316. The van der Waals surface area contributed by atoms with Gasteiger partial charge in [-0.15, -0.1) is 0 Å². The fraction of sp³-hybridized carbons (Fsp3) is 0.250. The van der Waals surface area contributed by atoms with Gasteiger partial charge in [0.05, 0.1) is 0 Å². The Morgan fingerprint density at radius 2 is 2.12 bits per heavy atom. The lowest BCUT2D eigenvalue weighted by atomic mass is 10.3. The Labute approximate surface area is 51.2 Å². The molecule has 0 aromatic carbocycles. The molecular formula is C8H12. The minimum absolute atomic E-state index is 1.27. The Kier molecular flexibility index (Phi) is 3.95. The molecule has 0 fully saturated rings. The van der Waals surface area contributed by atoms with Crippen molar-refractivity contribution < 1.29 is 0 Å². The summed E-state index contributed by atoms with van der Waals surface area (Å²) in [7, 11) is 0. The van der Waals surface area contributed by atoms with Gasteiger partial charge in [0.2, 0.25) is 0 Å². The highest BCUT2D eigenvalue weighted by atomic mass is 13.8. The molecule has 0 aliphatic carbocycles. The summed E-state index contributed by atoms with van der Waals surface area (Å²) in [6, 6.07) is 0. The number of rotatable bonds is 2. The van der Waals surface area contributed by atoms with Gasteiger partial charge in [0.1, 0.15) is 0 Å². The average molecular weight is 108 g/mol. The second-order valence-corrected chi connectivity index (χ2v) is 1.63. The van der Waals surface area contributed by atoms with Gasteiger partial charge in [-0.25, -0.2) is 0 Å². The number of allylic oxidation sites excluding steroid dienone is 5. The third kappa shape index (κ3) is 3.41. The van der Waals surface area contributed by atoms with E-state index < -0.39 is 0 Å². The second kappa shape index (κ2) is 4.38. The molecule has 0 aromatic rings. The van der Waals surface area contributed by atoms with Crippen molar-refractivity contribution in [1.29, 1.82) is 0 Å². The highest BCUT2D eigenvalue weighted by Gasteiger charge is 1.70. The van der Waals surface area contributed by atoms with Gasteiger partial charge in [-0.05, 0) is 13.8 Å². The maximum atomic E-state index is 3.55. The van der Waals surface area contributed by atoms with Crippen molar-refractivity contribution in [3.8, 4) is 0 Å². The zero-order valence-electron chi connectivity index (χ0n) is 5.52. The van der Waals surface area contributed by atoms with Crippen molar-refractivity contribution in [1.82, 2.24) is 0 Å². The Balaban J connectivity index is 3.69. The molecule has 0 heteroatoms. The minimum atomic E-state index is 1.27. The van der Waals surface area contributed by atoms with Gasteiger partial charge in [0.25, 0.3) is 0 Å². The zero-order chi connectivity index (χ0) is 6.41. The Morgan fingerprint density at radius 3 is 2.50 bits per heavy atom. The molecule has 0 N–H and O–H groups in total. The lowest BCUT2D eigenvalue weighted by molar-refractivity contribution is 1.48. The van der Waals surface area contributed by atoms with E-state index in [-0.39, 0.29) is 0 Å². The maximum Gasteiger partial charge on any atom is -0.0401 e. The van der Waals surface area contributed by atoms with Gasteiger partial charge in [0, 0.05) is 0 Å². The van der Waals surface area contributed by atoms with E-state index in [0.717, 1.165) is 0 Å². The van der Waals surface area contributed by atoms with Crippen LogP contribution in [-0.4, -0.2) is 0 Å². The van der Waals surface area contributed by atoms with Crippen LogP contribution in [0.25, 0.3) is 0 Å². The molecule has 44 valence electrons. The first kappa shape index (κ1) is 7.22. The van der Waals surface area contributed by atoms with Crippen LogP contribution in [-0.2, 0) is 0 Å². The van der Waals surface area contributed by atoms with Gasteiger partial charge in [-0.2, -0.15) is 0 Å². The van der Waals surface area contributed by atoms with Gasteiger partial charge in [-0.3, -0.25) is 0 Å². The summed E-state index contributed by atoms with van der Waals surface area (Å²) < 4.78 is 0. The van der Waals surface area contributed by atoms with E-state index in [1.807, 2.05) is 19.1 Å². The molecule has 8 heavy (non-hydrogen) atoms. The minimum Gasteiger partial charge on any atom is -0.0991 e. The molecule has 0 aliphatic rings. The van der Waals surface area contributed by atoms with Crippen molar-refractivity contribution in [3.63, 3.8) is 0 Å². The summed E-state index contributed by atoms with van der Waals surface area (Å²) in [5.41, 5.74) is 1.27. The summed E-state index contributed by atoms with van der Waals surface area (Å²) in [5.74, 6) is 0. The van der Waals surface area contributed by atoms with E-state index >= 15 is 0 Å². The van der Waals surface area contributed by atoms with Crippen LogP contribution in [0.3, 0.4) is 0 Å². The first-order chi connectivity index (χ1) is 3.81. The molecule has 0 amide bonds. The van der Waals surface area contributed by atoms with E-state index in [1.54, 1.807) is 6.08 Å². The summed E-state index contributed by atoms with van der Waals surface area (Å²) >= 11 is 0. The maximum absolute atomic E-state index is 3.55. The van der Waals surface area contributed by atoms with Gasteiger partial charge < -0.3 is 0 Å². The van der Waals surface area contributed by atoms with Crippen LogP contribution in [0.1, 0.15) is 13.8 Å². The molecule has 0 bridgehead atoms. The number of hydrogen-bond donors (Lipinski definition) is 0. The third-order valence-electron chi connectivity index (χ3n) is 0.951. The molecular weight excluding hydrogens is 96.1 g/mol. The quantitative estimate of drug-likeness (QED) is 0.477. The summed E-state index contributed by atoms with van der Waals surface area (Å²) in [4.78, 5) is 0. The third-order valence-corrected chi connectivity index (χ3v) is 0.951. The first-order valence-corrected chi connectivity index (χ1v) is 2.73. The number of hydrogen-bond acceptors (Lipinski definition) is 0. The highest BCUT2D eigenvalue weighted by molar-refractivity contribution is 5.18. The predicted molar refractivity (Wildman–Crippen MR) is 38.8 cm³/mol. The second-order valence-electron chi connectivity index (χ2n) is 1.63. The summed E-state index contributed by atoms with van der Waals surface area (Å²) in [5, 5.41) is 0. The smallest absolute Gasteiger partial charge is 0.0401 e. The van der Waals surface area contributed by atoms with Crippen molar-refractivity contribution in [2.45, 2.75) is 13.8 Å². The van der Waals surface area contributed by atoms with Crippen LogP contribution in [0.4, 0.5) is 0 Å². The molecule has 0 saturated heterocycles. The van der Waals surface area contributed by atoms with Gasteiger partial charge in [0.15, 0.2) is 0 Å². The Bertz CT molecular complexity index is 116. The van der Waals surface area contributed by atoms with Gasteiger partial charge in [-0.1, -0.05) is 36.5 Å². The van der Waals surface area contributed by atoms with E-state index in [0.29, 0.717) is 0 Å². The zero-order valence-corrected chi connectivity index (χ0v) is 5.52. The fourth-order valence-corrected chi connectivity index (χ4v) is 0.316. The van der Waals surface area contributed by atoms with Crippen LogP contribution in [0, 0.1) is 0 Å². The van der Waals surface area contributed by atoms with E-state index in [1.165, 1.54) is 5.57 Å². The Morgan fingerprint density at radius 1 is 1.50 bits per heavy atom. The summed E-state index contributed by atoms with van der Waals surface area (Å²) in [6.07, 6.45) is 7.77. The molecule has 0 unspecified atom stereocenters. The average Bonchev–Trinajstić information content (AvgIpc) is 1.83. The molecule has 0 aromatic heterocycles. The lowest BCUT2D eigenvalue weighted by Crippen LogP contribution is -1.60.